The van der Waals surface area contributed by atoms with Crippen molar-refractivity contribution in [2.45, 2.75) is 30.9 Å². The maximum absolute atomic E-state index is 12.8. The smallest absolute Gasteiger partial charge is 0.244 e. The number of methoxy groups -OCH3 is 1. The van der Waals surface area contributed by atoms with Crippen LogP contribution in [0.2, 0.25) is 5.02 Å². The molecule has 1 aliphatic heterocycles. The van der Waals surface area contributed by atoms with Crippen molar-refractivity contribution in [2.75, 3.05) is 20.2 Å². The monoisotopic (exact) mass is 332 g/mol. The summed E-state index contributed by atoms with van der Waals surface area (Å²) in [6, 6.07) is 4.87. The van der Waals surface area contributed by atoms with E-state index in [9.17, 15) is 8.42 Å². The molecule has 118 valence electrons. The van der Waals surface area contributed by atoms with E-state index in [0.29, 0.717) is 19.0 Å². The molecule has 1 saturated heterocycles. The second-order valence-corrected chi connectivity index (χ2v) is 7.69. The van der Waals surface area contributed by atoms with Crippen molar-refractivity contribution in [3.8, 4) is 0 Å². The van der Waals surface area contributed by atoms with E-state index in [2.05, 4.69) is 6.92 Å². The van der Waals surface area contributed by atoms with Gasteiger partial charge in [-0.15, -0.1) is 0 Å². The van der Waals surface area contributed by atoms with Gasteiger partial charge in [0.1, 0.15) is 4.90 Å². The normalized spacial score (nSPS) is 24.2. The van der Waals surface area contributed by atoms with E-state index in [4.69, 9.17) is 22.1 Å². The molecule has 2 unspecified atom stereocenters. The Balaban J connectivity index is 2.34. The molecule has 0 amide bonds. The molecule has 0 spiro atoms. The van der Waals surface area contributed by atoms with Crippen molar-refractivity contribution >= 4 is 21.6 Å². The van der Waals surface area contributed by atoms with Crippen LogP contribution in [-0.4, -0.2) is 39.0 Å². The fraction of sp³-hybridized carbons (Fsp3) is 0.571. The summed E-state index contributed by atoms with van der Waals surface area (Å²) < 4.78 is 32.4. The van der Waals surface area contributed by atoms with Gasteiger partial charge >= 0.3 is 0 Å². The summed E-state index contributed by atoms with van der Waals surface area (Å²) in [5.41, 5.74) is 6.32. The van der Waals surface area contributed by atoms with Crippen LogP contribution in [0.15, 0.2) is 23.1 Å². The highest BCUT2D eigenvalue weighted by Crippen LogP contribution is 2.29. The van der Waals surface area contributed by atoms with Gasteiger partial charge in [0, 0.05) is 26.7 Å². The van der Waals surface area contributed by atoms with Crippen molar-refractivity contribution in [3.63, 3.8) is 0 Å². The molecule has 0 radical (unpaired) electrons. The van der Waals surface area contributed by atoms with Crippen LogP contribution in [-0.2, 0) is 21.3 Å². The highest BCUT2D eigenvalue weighted by Gasteiger charge is 2.34. The number of sulfonamides is 1. The third-order valence-corrected chi connectivity index (χ3v) is 6.35. The zero-order chi connectivity index (χ0) is 15.6. The van der Waals surface area contributed by atoms with Gasteiger partial charge in [-0.3, -0.25) is 0 Å². The minimum absolute atomic E-state index is 0.0926. The van der Waals surface area contributed by atoms with Crippen molar-refractivity contribution in [1.29, 1.82) is 0 Å². The molecular formula is C14H21ClN2O3S. The van der Waals surface area contributed by atoms with Gasteiger partial charge in [-0.25, -0.2) is 8.42 Å². The molecule has 1 aromatic rings. The fourth-order valence-corrected chi connectivity index (χ4v) is 4.53. The first-order chi connectivity index (χ1) is 9.90. The van der Waals surface area contributed by atoms with Crippen LogP contribution >= 0.6 is 11.6 Å². The minimum atomic E-state index is -3.63. The van der Waals surface area contributed by atoms with E-state index in [1.807, 2.05) is 0 Å². The van der Waals surface area contributed by atoms with E-state index >= 15 is 0 Å². The molecule has 2 rings (SSSR count). The highest BCUT2D eigenvalue weighted by molar-refractivity contribution is 7.89. The second-order valence-electron chi connectivity index (χ2n) is 5.37. The molecular weight excluding hydrogens is 312 g/mol. The molecule has 2 N–H and O–H groups in total. The molecule has 1 aromatic carbocycles. The Hall–Kier alpha value is -0.660. The van der Waals surface area contributed by atoms with Crippen LogP contribution in [0.4, 0.5) is 0 Å². The first kappa shape index (κ1) is 16.7. The molecule has 0 bridgehead atoms. The van der Waals surface area contributed by atoms with Crippen LogP contribution in [0.25, 0.3) is 0 Å². The number of nitrogens with two attached hydrogens (primary N) is 1. The summed E-state index contributed by atoms with van der Waals surface area (Å²) >= 11 is 6.08. The number of benzene rings is 1. The number of piperidine rings is 1. The lowest BCUT2D eigenvalue weighted by Gasteiger charge is -2.35. The molecule has 2 atom stereocenters. The number of nitrogens with zero attached hydrogens (tertiary/aromatic N) is 1. The molecule has 1 fully saturated rings. The maximum atomic E-state index is 12.8. The van der Waals surface area contributed by atoms with E-state index in [1.54, 1.807) is 25.3 Å². The van der Waals surface area contributed by atoms with Crippen LogP contribution in [0, 0.1) is 5.92 Å². The van der Waals surface area contributed by atoms with Crippen molar-refractivity contribution in [1.82, 2.24) is 4.31 Å². The molecule has 1 aliphatic rings. The van der Waals surface area contributed by atoms with Gasteiger partial charge in [-0.2, -0.15) is 4.31 Å². The third kappa shape index (κ3) is 3.40. The van der Waals surface area contributed by atoms with Gasteiger partial charge in [-0.05, 0) is 30.0 Å². The van der Waals surface area contributed by atoms with Gasteiger partial charge in [0.05, 0.1) is 11.1 Å². The van der Waals surface area contributed by atoms with Gasteiger partial charge in [0.2, 0.25) is 10.0 Å². The molecule has 1 heterocycles. The van der Waals surface area contributed by atoms with Crippen LogP contribution in [0.3, 0.4) is 0 Å². The summed E-state index contributed by atoms with van der Waals surface area (Å²) in [6.07, 6.45) is 0.677. The Morgan fingerprint density at radius 3 is 2.81 bits per heavy atom. The first-order valence-electron chi connectivity index (χ1n) is 6.91. The predicted molar refractivity (Wildman–Crippen MR) is 82.7 cm³/mol. The third-order valence-electron chi connectivity index (χ3n) is 4.00. The lowest BCUT2D eigenvalue weighted by Crippen LogP contribution is -2.46. The van der Waals surface area contributed by atoms with Crippen LogP contribution in [0.1, 0.15) is 18.9 Å². The summed E-state index contributed by atoms with van der Waals surface area (Å²) in [5, 5.41) is 0.222. The van der Waals surface area contributed by atoms with Crippen LogP contribution in [0.5, 0.6) is 0 Å². The van der Waals surface area contributed by atoms with E-state index in [-0.39, 0.29) is 22.6 Å². The predicted octanol–water partition coefficient (Wildman–Crippen LogP) is 1.84. The highest BCUT2D eigenvalue weighted by atomic mass is 35.5. The molecule has 5 nitrogen and oxygen atoms in total. The Morgan fingerprint density at radius 1 is 1.48 bits per heavy atom. The van der Waals surface area contributed by atoms with Crippen LogP contribution < -0.4 is 5.73 Å². The van der Waals surface area contributed by atoms with Crippen molar-refractivity contribution in [3.05, 3.63) is 28.8 Å². The maximum Gasteiger partial charge on any atom is 0.244 e. The first-order valence-corrected chi connectivity index (χ1v) is 8.73. The standard InChI is InChI=1S/C14H21ClN2O3S/c1-10-5-6-17(9-13(10)20-2)21(18,19)14-7-11(8-16)3-4-12(14)15/h3-4,7,10,13H,5-6,8-9,16H2,1-2H3. The quantitative estimate of drug-likeness (QED) is 0.913. The average molecular weight is 333 g/mol. The van der Waals surface area contributed by atoms with Crippen molar-refractivity contribution < 1.29 is 13.2 Å². The molecule has 21 heavy (non-hydrogen) atoms. The van der Waals surface area contributed by atoms with Gasteiger partial charge in [0.15, 0.2) is 0 Å². The Morgan fingerprint density at radius 2 is 2.19 bits per heavy atom. The summed E-state index contributed by atoms with van der Waals surface area (Å²) in [6.45, 7) is 3.17. The van der Waals surface area contributed by atoms with Crippen molar-refractivity contribution in [2.24, 2.45) is 11.7 Å². The summed E-state index contributed by atoms with van der Waals surface area (Å²) in [4.78, 5) is 0.122. The lowest BCUT2D eigenvalue weighted by atomic mass is 9.97. The number of ether oxygens (including phenoxy) is 1. The van der Waals surface area contributed by atoms with E-state index in [0.717, 1.165) is 12.0 Å². The number of hydrogen-bond acceptors (Lipinski definition) is 4. The SMILES string of the molecule is COC1CN(S(=O)(=O)c2cc(CN)ccc2Cl)CCC1C. The minimum Gasteiger partial charge on any atom is -0.380 e. The topological polar surface area (TPSA) is 72.6 Å². The second kappa shape index (κ2) is 6.62. The van der Waals surface area contributed by atoms with E-state index < -0.39 is 10.0 Å². The Labute approximate surface area is 131 Å². The van der Waals surface area contributed by atoms with E-state index in [1.165, 1.54) is 4.31 Å². The Bertz CT molecular complexity index is 606. The zero-order valence-corrected chi connectivity index (χ0v) is 13.8. The summed E-state index contributed by atoms with van der Waals surface area (Å²) in [7, 11) is -2.02. The fourth-order valence-electron chi connectivity index (χ4n) is 2.54. The number of halogens is 1. The van der Waals surface area contributed by atoms with Gasteiger partial charge < -0.3 is 10.5 Å². The molecule has 0 aromatic heterocycles. The Kier molecular flexibility index (Phi) is 5.27. The number of rotatable bonds is 4. The molecule has 0 aliphatic carbocycles. The number of hydrogen-bond donors (Lipinski definition) is 1. The van der Waals surface area contributed by atoms with Gasteiger partial charge in [0.25, 0.3) is 0 Å². The lowest BCUT2D eigenvalue weighted by molar-refractivity contribution is 0.0184. The molecule has 0 saturated carbocycles. The average Bonchev–Trinajstić information content (AvgIpc) is 2.47. The van der Waals surface area contributed by atoms with Gasteiger partial charge in [-0.1, -0.05) is 24.6 Å². The molecule has 7 heteroatoms. The largest absolute Gasteiger partial charge is 0.380 e. The zero-order valence-electron chi connectivity index (χ0n) is 12.3. The summed E-state index contributed by atoms with van der Waals surface area (Å²) in [5.74, 6) is 0.340.